The van der Waals surface area contributed by atoms with Gasteiger partial charge in [-0.2, -0.15) is 5.10 Å². The Kier molecular flexibility index (Phi) is 5.15. The molecule has 3 heterocycles. The number of amides is 1. The summed E-state index contributed by atoms with van der Waals surface area (Å²) in [6.45, 7) is 3.34. The lowest BCUT2D eigenvalue weighted by atomic mass is 9.85. The first-order chi connectivity index (χ1) is 14.6. The van der Waals surface area contributed by atoms with Crippen LogP contribution in [0.2, 0.25) is 0 Å². The van der Waals surface area contributed by atoms with Crippen molar-refractivity contribution in [2.45, 2.75) is 57.4 Å². The second kappa shape index (κ2) is 7.95. The van der Waals surface area contributed by atoms with Crippen LogP contribution in [0.15, 0.2) is 30.5 Å². The summed E-state index contributed by atoms with van der Waals surface area (Å²) in [7, 11) is 1.96. The van der Waals surface area contributed by atoms with Gasteiger partial charge in [-0.05, 0) is 30.9 Å². The Bertz CT molecular complexity index is 1070. The SMILES string of the molecule is Cc1c(C2CN(C(=O)c3nnc(C4CCCCC4)s3)Cc3ccccc32)cnn1C. The molecule has 1 unspecified atom stereocenters. The molecule has 30 heavy (non-hydrogen) atoms. The van der Waals surface area contributed by atoms with Crippen LogP contribution in [0, 0.1) is 6.92 Å². The normalized spacial score (nSPS) is 19.7. The Labute approximate surface area is 180 Å². The molecule has 1 saturated carbocycles. The molecule has 2 aromatic heterocycles. The van der Waals surface area contributed by atoms with E-state index in [1.54, 1.807) is 0 Å². The van der Waals surface area contributed by atoms with Crippen molar-refractivity contribution in [3.05, 3.63) is 62.9 Å². The number of aryl methyl sites for hydroxylation is 1. The van der Waals surface area contributed by atoms with E-state index in [9.17, 15) is 4.79 Å². The molecule has 1 atom stereocenters. The zero-order valence-corrected chi connectivity index (χ0v) is 18.4. The number of rotatable bonds is 3. The highest BCUT2D eigenvalue weighted by molar-refractivity contribution is 7.13. The first-order valence-electron chi connectivity index (χ1n) is 10.8. The van der Waals surface area contributed by atoms with Gasteiger partial charge >= 0.3 is 0 Å². The van der Waals surface area contributed by atoms with E-state index in [0.717, 1.165) is 10.7 Å². The van der Waals surface area contributed by atoms with Crippen LogP contribution in [0.25, 0.3) is 0 Å². The fraction of sp³-hybridized carbons (Fsp3) is 0.478. The largest absolute Gasteiger partial charge is 0.331 e. The molecular formula is C23H27N5OS. The van der Waals surface area contributed by atoms with E-state index in [1.807, 2.05) is 28.9 Å². The second-order valence-corrected chi connectivity index (χ2v) is 9.54. The van der Waals surface area contributed by atoms with E-state index in [2.05, 4.69) is 40.4 Å². The van der Waals surface area contributed by atoms with E-state index in [-0.39, 0.29) is 11.8 Å². The van der Waals surface area contributed by atoms with Crippen molar-refractivity contribution in [3.8, 4) is 0 Å². The number of carbonyl (C=O) groups is 1. The number of nitrogens with zero attached hydrogens (tertiary/aromatic N) is 5. The molecule has 1 amide bonds. The molecule has 0 N–H and O–H groups in total. The molecule has 1 aliphatic carbocycles. The fourth-order valence-electron chi connectivity index (χ4n) is 4.86. The van der Waals surface area contributed by atoms with E-state index in [4.69, 9.17) is 0 Å². The fourth-order valence-corrected chi connectivity index (χ4v) is 5.84. The Hall–Kier alpha value is -2.54. The third-order valence-electron chi connectivity index (χ3n) is 6.71. The third kappa shape index (κ3) is 3.45. The zero-order valence-electron chi connectivity index (χ0n) is 17.5. The van der Waals surface area contributed by atoms with Gasteiger partial charge in [-0.3, -0.25) is 9.48 Å². The minimum absolute atomic E-state index is 0.00407. The molecular weight excluding hydrogens is 394 g/mol. The van der Waals surface area contributed by atoms with Crippen LogP contribution in [-0.2, 0) is 13.6 Å². The van der Waals surface area contributed by atoms with Crippen LogP contribution in [0.5, 0.6) is 0 Å². The van der Waals surface area contributed by atoms with Gasteiger partial charge in [0.25, 0.3) is 5.91 Å². The van der Waals surface area contributed by atoms with Gasteiger partial charge in [0.1, 0.15) is 5.01 Å². The van der Waals surface area contributed by atoms with Crippen LogP contribution in [0.3, 0.4) is 0 Å². The minimum atomic E-state index is -0.00407. The lowest BCUT2D eigenvalue weighted by Crippen LogP contribution is -2.38. The molecule has 0 spiro atoms. The van der Waals surface area contributed by atoms with E-state index >= 15 is 0 Å². The van der Waals surface area contributed by atoms with Gasteiger partial charge in [0, 0.05) is 43.2 Å². The maximum atomic E-state index is 13.4. The molecule has 0 saturated heterocycles. The van der Waals surface area contributed by atoms with Crippen molar-refractivity contribution in [3.63, 3.8) is 0 Å². The van der Waals surface area contributed by atoms with Gasteiger partial charge in [-0.1, -0.05) is 54.9 Å². The first-order valence-corrected chi connectivity index (χ1v) is 11.6. The van der Waals surface area contributed by atoms with Crippen molar-refractivity contribution in [2.24, 2.45) is 7.05 Å². The first kappa shape index (κ1) is 19.4. The standard InChI is InChI=1S/C23H27N5OS/c1-15-19(12-24-27(15)2)20-14-28(13-17-10-6-7-11-18(17)20)23(29)22-26-25-21(30-22)16-8-4-3-5-9-16/h6-7,10-12,16,20H,3-5,8-9,13-14H2,1-2H3. The molecule has 2 aliphatic rings. The quantitative estimate of drug-likeness (QED) is 0.628. The summed E-state index contributed by atoms with van der Waals surface area (Å²) in [4.78, 5) is 15.3. The average Bonchev–Trinajstić information content (AvgIpc) is 3.41. The molecule has 1 aromatic carbocycles. The highest BCUT2D eigenvalue weighted by Crippen LogP contribution is 2.37. The topological polar surface area (TPSA) is 63.9 Å². The van der Waals surface area contributed by atoms with Crippen LogP contribution in [-0.4, -0.2) is 37.3 Å². The van der Waals surface area contributed by atoms with Gasteiger partial charge in [0.05, 0.1) is 6.20 Å². The van der Waals surface area contributed by atoms with Crippen LogP contribution in [0.1, 0.15) is 81.1 Å². The molecule has 1 fully saturated rings. The monoisotopic (exact) mass is 421 g/mol. The summed E-state index contributed by atoms with van der Waals surface area (Å²) in [5.41, 5.74) is 4.81. The van der Waals surface area contributed by atoms with Crippen molar-refractivity contribution in [1.82, 2.24) is 24.9 Å². The lowest BCUT2D eigenvalue weighted by molar-refractivity contribution is 0.0723. The molecule has 1 aliphatic heterocycles. The molecule has 156 valence electrons. The zero-order chi connectivity index (χ0) is 20.7. The van der Waals surface area contributed by atoms with E-state index in [0.29, 0.717) is 24.0 Å². The maximum Gasteiger partial charge on any atom is 0.285 e. The van der Waals surface area contributed by atoms with Gasteiger partial charge in [-0.25, -0.2) is 0 Å². The molecule has 3 aromatic rings. The van der Waals surface area contributed by atoms with Crippen molar-refractivity contribution >= 4 is 17.2 Å². The van der Waals surface area contributed by atoms with Gasteiger partial charge in [0.15, 0.2) is 0 Å². The predicted octanol–water partition coefficient (Wildman–Crippen LogP) is 4.42. The lowest BCUT2D eigenvalue weighted by Gasteiger charge is -2.34. The third-order valence-corrected chi connectivity index (χ3v) is 7.78. The average molecular weight is 422 g/mol. The summed E-state index contributed by atoms with van der Waals surface area (Å²) in [6.07, 6.45) is 8.09. The molecule has 6 nitrogen and oxygen atoms in total. The van der Waals surface area contributed by atoms with Crippen LogP contribution < -0.4 is 0 Å². The summed E-state index contributed by atoms with van der Waals surface area (Å²) in [5.74, 6) is 0.597. The van der Waals surface area contributed by atoms with Crippen molar-refractivity contribution < 1.29 is 4.79 Å². The molecule has 7 heteroatoms. The van der Waals surface area contributed by atoms with Crippen molar-refractivity contribution in [2.75, 3.05) is 6.54 Å². The smallest absolute Gasteiger partial charge is 0.285 e. The summed E-state index contributed by atoms with van der Waals surface area (Å²) in [6, 6.07) is 8.43. The number of fused-ring (bicyclic) bond motifs is 1. The number of hydrogen-bond acceptors (Lipinski definition) is 5. The molecule has 0 bridgehead atoms. The summed E-state index contributed by atoms with van der Waals surface area (Å²) in [5, 5.41) is 14.7. The van der Waals surface area contributed by atoms with Crippen LogP contribution >= 0.6 is 11.3 Å². The highest BCUT2D eigenvalue weighted by atomic mass is 32.1. The van der Waals surface area contributed by atoms with Gasteiger partial charge in [0.2, 0.25) is 5.01 Å². The van der Waals surface area contributed by atoms with Gasteiger partial charge in [-0.15, -0.1) is 10.2 Å². The minimum Gasteiger partial charge on any atom is -0.331 e. The Morgan fingerprint density at radius 1 is 1.10 bits per heavy atom. The Balaban J connectivity index is 1.43. The van der Waals surface area contributed by atoms with Crippen LogP contribution in [0.4, 0.5) is 0 Å². The van der Waals surface area contributed by atoms with E-state index < -0.39 is 0 Å². The molecule has 0 radical (unpaired) electrons. The Morgan fingerprint density at radius 3 is 2.67 bits per heavy atom. The number of aromatic nitrogens is 4. The van der Waals surface area contributed by atoms with E-state index in [1.165, 1.54) is 60.1 Å². The van der Waals surface area contributed by atoms with Crippen molar-refractivity contribution in [1.29, 1.82) is 0 Å². The maximum absolute atomic E-state index is 13.4. The van der Waals surface area contributed by atoms with Gasteiger partial charge < -0.3 is 4.90 Å². The summed E-state index contributed by atoms with van der Waals surface area (Å²) >= 11 is 1.50. The Morgan fingerprint density at radius 2 is 1.90 bits per heavy atom. The number of carbonyl (C=O) groups excluding carboxylic acids is 1. The predicted molar refractivity (Wildman–Crippen MR) is 117 cm³/mol. The molecule has 5 rings (SSSR count). The number of hydrogen-bond donors (Lipinski definition) is 0. The number of benzene rings is 1. The second-order valence-electron chi connectivity index (χ2n) is 8.53. The summed E-state index contributed by atoms with van der Waals surface area (Å²) < 4.78 is 1.90. The highest BCUT2D eigenvalue weighted by Gasteiger charge is 2.33.